The van der Waals surface area contributed by atoms with Crippen LogP contribution in [0, 0.1) is 5.92 Å². The van der Waals surface area contributed by atoms with Crippen LogP contribution in [0.25, 0.3) is 0 Å². The van der Waals surface area contributed by atoms with E-state index in [4.69, 9.17) is 9.15 Å². The Morgan fingerprint density at radius 3 is 2.57 bits per heavy atom. The molecule has 3 aromatic rings. The molecule has 6 nitrogen and oxygen atoms in total. The Morgan fingerprint density at radius 1 is 1.07 bits per heavy atom. The van der Waals surface area contributed by atoms with Crippen LogP contribution < -0.4 is 15.0 Å². The highest BCUT2D eigenvalue weighted by molar-refractivity contribution is 5.33. The van der Waals surface area contributed by atoms with Crippen molar-refractivity contribution < 1.29 is 9.15 Å². The Hall–Kier alpha value is -2.86. The van der Waals surface area contributed by atoms with Gasteiger partial charge in [-0.05, 0) is 48.1 Å². The van der Waals surface area contributed by atoms with Crippen LogP contribution in [0.2, 0.25) is 0 Å². The highest BCUT2D eigenvalue weighted by Crippen LogP contribution is 2.47. The van der Waals surface area contributed by atoms with Gasteiger partial charge in [-0.1, -0.05) is 47.6 Å². The van der Waals surface area contributed by atoms with Crippen molar-refractivity contribution in [3.8, 4) is 5.75 Å². The molecule has 0 radical (unpaired) electrons. The molecule has 1 saturated carbocycles. The summed E-state index contributed by atoms with van der Waals surface area (Å²) >= 11 is 0. The van der Waals surface area contributed by atoms with Gasteiger partial charge in [0.15, 0.2) is 0 Å². The molecule has 1 aromatic heterocycles. The second kappa shape index (κ2) is 8.44. The first-order valence-corrected chi connectivity index (χ1v) is 9.66. The fraction of sp³-hybridized carbons (Fsp3) is 0.364. The normalized spacial score (nSPS) is 18.1. The van der Waals surface area contributed by atoms with Crippen LogP contribution in [0.15, 0.2) is 59.0 Å². The summed E-state index contributed by atoms with van der Waals surface area (Å²) in [5, 5.41) is 11.5. The molecule has 1 aliphatic carbocycles. The monoisotopic (exact) mass is 378 g/mol. The van der Waals surface area contributed by atoms with Gasteiger partial charge >= 0.3 is 6.01 Å². The third-order valence-corrected chi connectivity index (χ3v) is 5.00. The molecule has 2 aromatic carbocycles. The number of rotatable bonds is 9. The molecule has 0 bridgehead atoms. The van der Waals surface area contributed by atoms with Crippen LogP contribution in [0.4, 0.5) is 6.01 Å². The van der Waals surface area contributed by atoms with Crippen molar-refractivity contribution in [2.45, 2.75) is 25.5 Å². The fourth-order valence-electron chi connectivity index (χ4n) is 3.29. The van der Waals surface area contributed by atoms with E-state index in [2.05, 4.69) is 51.9 Å². The first-order chi connectivity index (χ1) is 13.7. The summed E-state index contributed by atoms with van der Waals surface area (Å²) in [6.07, 6.45) is 1.21. The minimum absolute atomic E-state index is 0.538. The van der Waals surface area contributed by atoms with Crippen LogP contribution in [0.3, 0.4) is 0 Å². The van der Waals surface area contributed by atoms with Crippen molar-refractivity contribution in [3.05, 3.63) is 71.6 Å². The zero-order valence-electron chi connectivity index (χ0n) is 16.3. The standard InChI is InChI=1S/C22H26N4O2/c1-26(2)22-25-24-21(28-22)14-23-13-18-12-20(18)17-8-10-19(11-9-17)27-15-16-6-4-3-5-7-16/h3-11,18,20,23H,12-15H2,1-2H3/t18-,20-/m0/s1. The zero-order chi connectivity index (χ0) is 19.3. The number of nitrogens with one attached hydrogen (secondary N) is 1. The SMILES string of the molecule is CN(C)c1nnc(CNC[C@@H]2C[C@H]2c2ccc(OCc3ccccc3)cc2)o1. The van der Waals surface area contributed by atoms with Crippen molar-refractivity contribution in [1.82, 2.24) is 15.5 Å². The van der Waals surface area contributed by atoms with Gasteiger partial charge in [0.25, 0.3) is 0 Å². The van der Waals surface area contributed by atoms with Gasteiger partial charge in [0.2, 0.25) is 5.89 Å². The van der Waals surface area contributed by atoms with Gasteiger partial charge < -0.3 is 19.4 Å². The van der Waals surface area contributed by atoms with E-state index in [0.717, 1.165) is 12.3 Å². The Labute approximate surface area is 165 Å². The third kappa shape index (κ3) is 4.70. The van der Waals surface area contributed by atoms with Crippen LogP contribution in [-0.2, 0) is 13.2 Å². The number of aromatic nitrogens is 2. The summed E-state index contributed by atoms with van der Waals surface area (Å²) in [5.41, 5.74) is 2.56. The van der Waals surface area contributed by atoms with E-state index in [9.17, 15) is 0 Å². The minimum atomic E-state index is 0.538. The predicted octanol–water partition coefficient (Wildman–Crippen LogP) is 3.61. The Balaban J connectivity index is 1.20. The maximum atomic E-state index is 5.87. The molecular weight excluding hydrogens is 352 g/mol. The lowest BCUT2D eigenvalue weighted by atomic mass is 10.1. The van der Waals surface area contributed by atoms with Crippen molar-refractivity contribution in [2.24, 2.45) is 5.92 Å². The van der Waals surface area contributed by atoms with Gasteiger partial charge in [-0.15, -0.1) is 5.10 Å². The summed E-state index contributed by atoms with van der Waals surface area (Å²) < 4.78 is 11.4. The molecule has 1 heterocycles. The zero-order valence-corrected chi connectivity index (χ0v) is 16.3. The molecule has 0 saturated heterocycles. The van der Waals surface area contributed by atoms with Crippen molar-refractivity contribution >= 4 is 6.01 Å². The summed E-state index contributed by atoms with van der Waals surface area (Å²) in [7, 11) is 3.77. The van der Waals surface area contributed by atoms with E-state index in [-0.39, 0.29) is 0 Å². The van der Waals surface area contributed by atoms with Crippen molar-refractivity contribution in [3.63, 3.8) is 0 Å². The average Bonchev–Trinajstić information content (AvgIpc) is 3.33. The number of anilines is 1. The first-order valence-electron chi connectivity index (χ1n) is 9.66. The molecular formula is C22H26N4O2. The molecule has 0 unspecified atom stereocenters. The summed E-state index contributed by atoms with van der Waals surface area (Å²) in [4.78, 5) is 1.81. The Morgan fingerprint density at radius 2 is 1.86 bits per heavy atom. The van der Waals surface area contributed by atoms with Gasteiger partial charge in [0.1, 0.15) is 12.4 Å². The molecule has 0 amide bonds. The topological polar surface area (TPSA) is 63.4 Å². The summed E-state index contributed by atoms with van der Waals surface area (Å²) in [6.45, 7) is 2.16. The fourth-order valence-corrected chi connectivity index (χ4v) is 3.29. The minimum Gasteiger partial charge on any atom is -0.489 e. The van der Waals surface area contributed by atoms with Crippen molar-refractivity contribution in [2.75, 3.05) is 25.5 Å². The second-order valence-electron chi connectivity index (χ2n) is 7.45. The highest BCUT2D eigenvalue weighted by atomic mass is 16.5. The molecule has 1 N–H and O–H groups in total. The van der Waals surface area contributed by atoms with Gasteiger partial charge in [0, 0.05) is 14.1 Å². The van der Waals surface area contributed by atoms with Gasteiger partial charge in [-0.3, -0.25) is 0 Å². The molecule has 1 fully saturated rings. The summed E-state index contributed by atoms with van der Waals surface area (Å²) in [6, 6.07) is 19.3. The van der Waals surface area contributed by atoms with Crippen LogP contribution >= 0.6 is 0 Å². The average molecular weight is 378 g/mol. The maximum absolute atomic E-state index is 5.87. The largest absolute Gasteiger partial charge is 0.489 e. The van der Waals surface area contributed by atoms with Crippen LogP contribution in [-0.4, -0.2) is 30.8 Å². The Kier molecular flexibility index (Phi) is 5.58. The van der Waals surface area contributed by atoms with E-state index in [1.54, 1.807) is 4.90 Å². The van der Waals surface area contributed by atoms with E-state index >= 15 is 0 Å². The summed E-state index contributed by atoms with van der Waals surface area (Å²) in [5.74, 6) is 2.82. The van der Waals surface area contributed by atoms with E-state index < -0.39 is 0 Å². The van der Waals surface area contributed by atoms with Gasteiger partial charge in [-0.25, -0.2) is 0 Å². The molecule has 28 heavy (non-hydrogen) atoms. The molecule has 1 aliphatic rings. The first kappa shape index (κ1) is 18.5. The number of hydrogen-bond acceptors (Lipinski definition) is 6. The smallest absolute Gasteiger partial charge is 0.317 e. The molecule has 146 valence electrons. The lowest BCUT2D eigenvalue weighted by Crippen LogP contribution is -2.17. The molecule has 0 spiro atoms. The number of ether oxygens (including phenoxy) is 1. The van der Waals surface area contributed by atoms with Gasteiger partial charge in [0.05, 0.1) is 6.54 Å². The quantitative estimate of drug-likeness (QED) is 0.614. The molecule has 6 heteroatoms. The Bertz CT molecular complexity index is 877. The predicted molar refractivity (Wildman–Crippen MR) is 108 cm³/mol. The van der Waals surface area contributed by atoms with E-state index in [1.807, 2.05) is 32.3 Å². The number of hydrogen-bond donors (Lipinski definition) is 1. The van der Waals surface area contributed by atoms with Gasteiger partial charge in [-0.2, -0.15) is 0 Å². The number of nitrogens with zero attached hydrogens (tertiary/aromatic N) is 3. The highest BCUT2D eigenvalue weighted by Gasteiger charge is 2.37. The second-order valence-corrected chi connectivity index (χ2v) is 7.45. The molecule has 0 aliphatic heterocycles. The third-order valence-electron chi connectivity index (χ3n) is 5.00. The van der Waals surface area contributed by atoms with E-state index in [1.165, 1.54) is 17.5 Å². The molecule has 2 atom stereocenters. The lowest BCUT2D eigenvalue weighted by molar-refractivity contribution is 0.306. The van der Waals surface area contributed by atoms with Crippen LogP contribution in [0.1, 0.15) is 29.4 Å². The van der Waals surface area contributed by atoms with E-state index in [0.29, 0.717) is 36.9 Å². The van der Waals surface area contributed by atoms with Crippen molar-refractivity contribution in [1.29, 1.82) is 0 Å². The van der Waals surface area contributed by atoms with Crippen LogP contribution in [0.5, 0.6) is 5.75 Å². The molecule has 4 rings (SSSR count). The number of benzene rings is 2. The maximum Gasteiger partial charge on any atom is 0.317 e. The lowest BCUT2D eigenvalue weighted by Gasteiger charge is -2.07.